The van der Waals surface area contributed by atoms with Crippen LogP contribution in [0.2, 0.25) is 0 Å². The Morgan fingerprint density at radius 3 is 2.42 bits per heavy atom. The number of terminal acetylenes is 1. The fourth-order valence-corrected chi connectivity index (χ4v) is 1.14. The van der Waals surface area contributed by atoms with Gasteiger partial charge in [0.15, 0.2) is 0 Å². The van der Waals surface area contributed by atoms with Crippen molar-refractivity contribution in [1.82, 2.24) is 0 Å². The highest BCUT2D eigenvalue weighted by Gasteiger charge is 1.99. The Morgan fingerprint density at radius 1 is 1.50 bits per heavy atom. The molecule has 0 spiro atoms. The summed E-state index contributed by atoms with van der Waals surface area (Å²) in [6.07, 6.45) is 10.3. The Morgan fingerprint density at radius 2 is 2.08 bits per heavy atom. The molecule has 0 rings (SSSR count). The highest BCUT2D eigenvalue weighted by molar-refractivity contribution is 5.28. The highest BCUT2D eigenvalue weighted by atomic mass is 14.0. The van der Waals surface area contributed by atoms with Gasteiger partial charge in [0.2, 0.25) is 0 Å². The fraction of sp³-hybridized carbons (Fsp3) is 0.500. The molecule has 0 aliphatic heterocycles. The van der Waals surface area contributed by atoms with Crippen LogP contribution < -0.4 is 0 Å². The van der Waals surface area contributed by atoms with Gasteiger partial charge in [0, 0.05) is 0 Å². The van der Waals surface area contributed by atoms with E-state index in [1.807, 2.05) is 6.92 Å². The lowest BCUT2D eigenvalue weighted by molar-refractivity contribution is 0.731. The molecule has 66 valence electrons. The van der Waals surface area contributed by atoms with Crippen LogP contribution in [0.25, 0.3) is 0 Å². The zero-order valence-corrected chi connectivity index (χ0v) is 8.52. The first kappa shape index (κ1) is 11.0. The molecule has 0 aromatic carbocycles. The summed E-state index contributed by atoms with van der Waals surface area (Å²) in [4.78, 5) is 0. The molecule has 0 aromatic rings. The smallest absolute Gasteiger partial charge is 0.00923 e. The maximum absolute atomic E-state index is 5.17. The second-order valence-corrected chi connectivity index (χ2v) is 3.28. The third kappa shape index (κ3) is 4.03. The molecule has 0 atom stereocenters. The predicted octanol–water partition coefficient (Wildman–Crippen LogP) is 3.56. The number of allylic oxidation sites excluding steroid dienone is 4. The molecule has 0 aliphatic rings. The Labute approximate surface area is 76.4 Å². The van der Waals surface area contributed by atoms with Crippen molar-refractivity contribution in [3.8, 4) is 12.3 Å². The lowest BCUT2D eigenvalue weighted by Crippen LogP contribution is -1.92. The predicted molar refractivity (Wildman–Crippen MR) is 55.8 cm³/mol. The third-order valence-corrected chi connectivity index (χ3v) is 1.87. The van der Waals surface area contributed by atoms with Crippen molar-refractivity contribution in [3.05, 3.63) is 23.3 Å². The van der Waals surface area contributed by atoms with Gasteiger partial charge in [-0.1, -0.05) is 38.3 Å². The second kappa shape index (κ2) is 5.66. The third-order valence-electron chi connectivity index (χ3n) is 1.87. The van der Waals surface area contributed by atoms with Crippen LogP contribution in [0, 0.1) is 18.3 Å². The average molecular weight is 162 g/mol. The van der Waals surface area contributed by atoms with Crippen LogP contribution in [0.5, 0.6) is 0 Å². The molecule has 0 nitrogen and oxygen atoms in total. The van der Waals surface area contributed by atoms with E-state index in [1.54, 1.807) is 6.08 Å². The Hall–Kier alpha value is -0.960. The minimum Gasteiger partial charge on any atom is -0.115 e. The van der Waals surface area contributed by atoms with E-state index in [-0.39, 0.29) is 0 Å². The maximum Gasteiger partial charge on any atom is -0.00923 e. The van der Waals surface area contributed by atoms with Gasteiger partial charge in [0.25, 0.3) is 0 Å². The molecule has 0 aromatic heterocycles. The van der Waals surface area contributed by atoms with Gasteiger partial charge >= 0.3 is 0 Å². The number of hydrogen-bond acceptors (Lipinski definition) is 0. The molecule has 12 heavy (non-hydrogen) atoms. The van der Waals surface area contributed by atoms with Crippen molar-refractivity contribution < 1.29 is 0 Å². The minimum atomic E-state index is 0.621. The quantitative estimate of drug-likeness (QED) is 0.439. The van der Waals surface area contributed by atoms with Gasteiger partial charge in [-0.05, 0) is 30.9 Å². The molecule has 0 unspecified atom stereocenters. The monoisotopic (exact) mass is 162 g/mol. The average Bonchev–Trinajstić information content (AvgIpc) is 2.00. The zero-order valence-electron chi connectivity index (χ0n) is 8.52. The summed E-state index contributed by atoms with van der Waals surface area (Å²) in [5.41, 5.74) is 2.63. The summed E-state index contributed by atoms with van der Waals surface area (Å²) in [5.74, 6) is 3.15. The van der Waals surface area contributed by atoms with Gasteiger partial charge in [-0.15, -0.1) is 6.42 Å². The van der Waals surface area contributed by atoms with Gasteiger partial charge in [-0.25, -0.2) is 0 Å². The molecule has 0 amide bonds. The summed E-state index contributed by atoms with van der Waals surface area (Å²) < 4.78 is 0. The standard InChI is InChI=1S/C12H18/c1-6-8-11(5)9-12(7-2)10(3)4/h1,8-10H,7H2,2-5H3/b11-8-,12-9+. The minimum absolute atomic E-state index is 0.621. The van der Waals surface area contributed by atoms with Gasteiger partial charge in [0.05, 0.1) is 0 Å². The molecule has 0 saturated carbocycles. The van der Waals surface area contributed by atoms with Gasteiger partial charge in [-0.2, -0.15) is 0 Å². The van der Waals surface area contributed by atoms with Crippen LogP contribution in [-0.2, 0) is 0 Å². The SMILES string of the molecule is C#C/C=C(C)\C=C(/CC)C(C)C. The Bertz CT molecular complexity index is 221. The Balaban J connectivity index is 4.51. The normalized spacial score (nSPS) is 13.3. The van der Waals surface area contributed by atoms with Crippen LogP contribution in [0.3, 0.4) is 0 Å². The van der Waals surface area contributed by atoms with E-state index in [9.17, 15) is 0 Å². The van der Waals surface area contributed by atoms with Crippen LogP contribution in [-0.4, -0.2) is 0 Å². The zero-order chi connectivity index (χ0) is 9.56. The van der Waals surface area contributed by atoms with E-state index in [4.69, 9.17) is 6.42 Å². The molecule has 0 fully saturated rings. The molecule has 0 aliphatic carbocycles. The summed E-state index contributed by atoms with van der Waals surface area (Å²) in [6.45, 7) is 8.63. The fourth-order valence-electron chi connectivity index (χ4n) is 1.14. The van der Waals surface area contributed by atoms with E-state index in [0.717, 1.165) is 6.42 Å². The first-order chi connectivity index (χ1) is 5.61. The largest absolute Gasteiger partial charge is 0.115 e. The number of hydrogen-bond donors (Lipinski definition) is 0. The van der Waals surface area contributed by atoms with E-state index in [2.05, 4.69) is 32.8 Å². The van der Waals surface area contributed by atoms with E-state index in [1.165, 1.54) is 11.1 Å². The van der Waals surface area contributed by atoms with Crippen molar-refractivity contribution >= 4 is 0 Å². The van der Waals surface area contributed by atoms with Gasteiger partial charge in [0.1, 0.15) is 0 Å². The molecule has 0 radical (unpaired) electrons. The second-order valence-electron chi connectivity index (χ2n) is 3.28. The first-order valence-corrected chi connectivity index (χ1v) is 4.45. The van der Waals surface area contributed by atoms with Crippen molar-refractivity contribution in [2.75, 3.05) is 0 Å². The van der Waals surface area contributed by atoms with E-state index >= 15 is 0 Å². The topological polar surface area (TPSA) is 0 Å². The van der Waals surface area contributed by atoms with Crippen molar-refractivity contribution in [2.45, 2.75) is 34.1 Å². The maximum atomic E-state index is 5.17. The van der Waals surface area contributed by atoms with E-state index in [0.29, 0.717) is 5.92 Å². The molecular formula is C12H18. The van der Waals surface area contributed by atoms with E-state index < -0.39 is 0 Å². The lowest BCUT2D eigenvalue weighted by atomic mass is 9.98. The van der Waals surface area contributed by atoms with Crippen LogP contribution >= 0.6 is 0 Å². The molecule has 0 heterocycles. The van der Waals surface area contributed by atoms with Crippen LogP contribution in [0.4, 0.5) is 0 Å². The van der Waals surface area contributed by atoms with Crippen LogP contribution in [0.15, 0.2) is 23.3 Å². The van der Waals surface area contributed by atoms with Crippen molar-refractivity contribution in [1.29, 1.82) is 0 Å². The van der Waals surface area contributed by atoms with Crippen LogP contribution in [0.1, 0.15) is 34.1 Å². The molecule has 0 N–H and O–H groups in total. The molecular weight excluding hydrogens is 144 g/mol. The van der Waals surface area contributed by atoms with Crippen molar-refractivity contribution in [2.24, 2.45) is 5.92 Å². The lowest BCUT2D eigenvalue weighted by Gasteiger charge is -2.08. The van der Waals surface area contributed by atoms with Gasteiger partial charge in [-0.3, -0.25) is 0 Å². The number of rotatable bonds is 3. The first-order valence-electron chi connectivity index (χ1n) is 4.45. The Kier molecular flexibility index (Phi) is 5.21. The highest BCUT2D eigenvalue weighted by Crippen LogP contribution is 2.15. The molecule has 0 heteroatoms. The van der Waals surface area contributed by atoms with Gasteiger partial charge < -0.3 is 0 Å². The molecule has 0 bridgehead atoms. The summed E-state index contributed by atoms with van der Waals surface area (Å²) in [6, 6.07) is 0. The molecule has 0 saturated heterocycles. The summed E-state index contributed by atoms with van der Waals surface area (Å²) >= 11 is 0. The van der Waals surface area contributed by atoms with Crippen molar-refractivity contribution in [3.63, 3.8) is 0 Å². The summed E-state index contributed by atoms with van der Waals surface area (Å²) in [7, 11) is 0. The summed E-state index contributed by atoms with van der Waals surface area (Å²) in [5, 5.41) is 0.